The van der Waals surface area contributed by atoms with Gasteiger partial charge in [-0.3, -0.25) is 0 Å². The summed E-state index contributed by atoms with van der Waals surface area (Å²) < 4.78 is 23.5. The maximum Gasteiger partial charge on any atom is 0.330 e. The first-order chi connectivity index (χ1) is 9.12. The number of anilines is 1. The molecule has 19 heavy (non-hydrogen) atoms. The Morgan fingerprint density at radius 2 is 1.95 bits per heavy atom. The molecule has 1 aromatic heterocycles. The first-order valence-corrected chi connectivity index (χ1v) is 5.61. The van der Waals surface area contributed by atoms with E-state index in [1.807, 2.05) is 0 Å². The van der Waals surface area contributed by atoms with Gasteiger partial charge in [0.05, 0.1) is 12.1 Å². The lowest BCUT2D eigenvalue weighted by molar-refractivity contribution is 0.360. The SMILES string of the molecule is CNc1nc(OC)nc(Oc2ccc(Cl)c(F)c2)n1. The molecular formula is C11H10ClFN4O2. The molecule has 0 aliphatic heterocycles. The van der Waals surface area contributed by atoms with Gasteiger partial charge in [0.15, 0.2) is 0 Å². The Kier molecular flexibility index (Phi) is 3.96. The van der Waals surface area contributed by atoms with Crippen molar-refractivity contribution >= 4 is 17.5 Å². The second-order valence-electron chi connectivity index (χ2n) is 3.36. The first-order valence-electron chi connectivity index (χ1n) is 5.23. The fourth-order valence-electron chi connectivity index (χ4n) is 1.23. The normalized spacial score (nSPS) is 10.1. The lowest BCUT2D eigenvalue weighted by atomic mass is 10.3. The Morgan fingerprint density at radius 1 is 1.21 bits per heavy atom. The van der Waals surface area contributed by atoms with Crippen LogP contribution in [0.25, 0.3) is 0 Å². The van der Waals surface area contributed by atoms with E-state index in [0.29, 0.717) is 0 Å². The third-order valence-electron chi connectivity index (χ3n) is 2.10. The summed E-state index contributed by atoms with van der Waals surface area (Å²) in [6.45, 7) is 0. The van der Waals surface area contributed by atoms with Crippen LogP contribution in [0.4, 0.5) is 10.3 Å². The predicted octanol–water partition coefficient (Wildman–Crippen LogP) is 2.51. The fraction of sp³-hybridized carbons (Fsp3) is 0.182. The van der Waals surface area contributed by atoms with Crippen LogP contribution in [0.5, 0.6) is 17.8 Å². The standard InChI is InChI=1S/C11H10ClFN4O2/c1-14-9-15-10(18-2)17-11(16-9)19-6-3-4-7(12)8(13)5-6/h3-5H,1-2H3,(H,14,15,16,17). The van der Waals surface area contributed by atoms with E-state index in [0.717, 1.165) is 6.07 Å². The van der Waals surface area contributed by atoms with Crippen LogP contribution < -0.4 is 14.8 Å². The van der Waals surface area contributed by atoms with Crippen LogP contribution >= 0.6 is 11.6 Å². The number of nitrogens with one attached hydrogen (secondary N) is 1. The van der Waals surface area contributed by atoms with Gasteiger partial charge >= 0.3 is 12.0 Å². The van der Waals surface area contributed by atoms with Gasteiger partial charge in [0.25, 0.3) is 0 Å². The van der Waals surface area contributed by atoms with Gasteiger partial charge in [-0.1, -0.05) is 11.6 Å². The van der Waals surface area contributed by atoms with Gasteiger partial charge in [0, 0.05) is 13.1 Å². The van der Waals surface area contributed by atoms with Crippen molar-refractivity contribution in [2.45, 2.75) is 0 Å². The fourth-order valence-corrected chi connectivity index (χ4v) is 1.35. The van der Waals surface area contributed by atoms with Crippen molar-refractivity contribution in [1.29, 1.82) is 0 Å². The summed E-state index contributed by atoms with van der Waals surface area (Å²) in [7, 11) is 3.06. The monoisotopic (exact) mass is 284 g/mol. The average molecular weight is 285 g/mol. The summed E-state index contributed by atoms with van der Waals surface area (Å²) in [6.07, 6.45) is 0. The molecule has 2 aromatic rings. The van der Waals surface area contributed by atoms with Crippen LogP contribution in [0.1, 0.15) is 0 Å². The van der Waals surface area contributed by atoms with E-state index in [9.17, 15) is 4.39 Å². The van der Waals surface area contributed by atoms with E-state index in [4.69, 9.17) is 21.1 Å². The summed E-state index contributed by atoms with van der Waals surface area (Å²) in [4.78, 5) is 11.8. The van der Waals surface area contributed by atoms with Crippen LogP contribution in [0.3, 0.4) is 0 Å². The number of aromatic nitrogens is 3. The lowest BCUT2D eigenvalue weighted by Crippen LogP contribution is -2.03. The van der Waals surface area contributed by atoms with Crippen LogP contribution in [-0.4, -0.2) is 29.1 Å². The molecule has 2 rings (SSSR count). The summed E-state index contributed by atoms with van der Waals surface area (Å²) in [5.74, 6) is -0.0949. The van der Waals surface area contributed by atoms with Gasteiger partial charge in [-0.2, -0.15) is 9.97 Å². The molecule has 1 aromatic carbocycles. The van der Waals surface area contributed by atoms with Crippen LogP contribution in [-0.2, 0) is 0 Å². The molecule has 6 nitrogen and oxygen atoms in total. The minimum absolute atomic E-state index is 0.0106. The number of nitrogens with zero attached hydrogens (tertiary/aromatic N) is 3. The summed E-state index contributed by atoms with van der Waals surface area (Å²) in [6, 6.07) is 4.09. The number of halogens is 2. The largest absolute Gasteiger partial charge is 0.467 e. The molecule has 1 N–H and O–H groups in total. The number of rotatable bonds is 4. The van der Waals surface area contributed by atoms with Gasteiger partial charge in [0.2, 0.25) is 5.95 Å². The highest BCUT2D eigenvalue weighted by molar-refractivity contribution is 6.30. The molecule has 1 heterocycles. The Bertz CT molecular complexity index is 575. The minimum atomic E-state index is -0.589. The number of hydrogen-bond donors (Lipinski definition) is 1. The van der Waals surface area contributed by atoms with Crippen molar-refractivity contribution in [3.63, 3.8) is 0 Å². The zero-order valence-electron chi connectivity index (χ0n) is 10.1. The first kappa shape index (κ1) is 13.3. The zero-order chi connectivity index (χ0) is 13.8. The molecule has 0 amide bonds. The number of benzene rings is 1. The second kappa shape index (κ2) is 5.66. The van der Waals surface area contributed by atoms with E-state index >= 15 is 0 Å². The summed E-state index contributed by atoms with van der Waals surface area (Å²) in [5.41, 5.74) is 0. The Balaban J connectivity index is 2.29. The van der Waals surface area contributed by atoms with Crippen LogP contribution in [0, 0.1) is 5.82 Å². The van der Waals surface area contributed by atoms with Crippen LogP contribution in [0.2, 0.25) is 5.02 Å². The van der Waals surface area contributed by atoms with Crippen molar-refractivity contribution in [1.82, 2.24) is 15.0 Å². The molecule has 8 heteroatoms. The maximum atomic E-state index is 13.3. The van der Waals surface area contributed by atoms with Gasteiger partial charge in [0.1, 0.15) is 11.6 Å². The molecule has 0 atom stereocenters. The maximum absolute atomic E-state index is 13.3. The Labute approximate surface area is 113 Å². The molecule has 0 spiro atoms. The highest BCUT2D eigenvalue weighted by atomic mass is 35.5. The van der Waals surface area contributed by atoms with E-state index in [2.05, 4.69) is 20.3 Å². The number of ether oxygens (including phenoxy) is 2. The molecule has 0 saturated carbocycles. The third kappa shape index (κ3) is 3.19. The number of methoxy groups -OCH3 is 1. The minimum Gasteiger partial charge on any atom is -0.467 e. The molecule has 0 unspecified atom stereocenters. The lowest BCUT2D eigenvalue weighted by Gasteiger charge is -2.07. The van der Waals surface area contributed by atoms with Gasteiger partial charge in [-0.05, 0) is 12.1 Å². The molecule has 0 fully saturated rings. The van der Waals surface area contributed by atoms with Crippen LogP contribution in [0.15, 0.2) is 18.2 Å². The van der Waals surface area contributed by atoms with Gasteiger partial charge in [-0.25, -0.2) is 4.39 Å². The van der Waals surface area contributed by atoms with Gasteiger partial charge in [-0.15, -0.1) is 4.98 Å². The van der Waals surface area contributed by atoms with Crippen molar-refractivity contribution in [3.05, 3.63) is 29.0 Å². The van der Waals surface area contributed by atoms with Crippen molar-refractivity contribution in [2.75, 3.05) is 19.5 Å². The topological polar surface area (TPSA) is 69.2 Å². The smallest absolute Gasteiger partial charge is 0.330 e. The van der Waals surface area contributed by atoms with E-state index in [1.165, 1.54) is 19.2 Å². The Hall–Kier alpha value is -2.15. The average Bonchev–Trinajstić information content (AvgIpc) is 2.42. The molecule has 100 valence electrons. The summed E-state index contributed by atoms with van der Waals surface area (Å²) in [5, 5.41) is 2.74. The highest BCUT2D eigenvalue weighted by Crippen LogP contribution is 2.24. The molecule has 0 aliphatic rings. The molecule has 0 aliphatic carbocycles. The predicted molar refractivity (Wildman–Crippen MR) is 67.4 cm³/mol. The molecule has 0 bridgehead atoms. The van der Waals surface area contributed by atoms with E-state index < -0.39 is 5.82 Å². The van der Waals surface area contributed by atoms with Crippen molar-refractivity contribution in [2.24, 2.45) is 0 Å². The van der Waals surface area contributed by atoms with Crippen molar-refractivity contribution < 1.29 is 13.9 Å². The second-order valence-corrected chi connectivity index (χ2v) is 3.76. The highest BCUT2D eigenvalue weighted by Gasteiger charge is 2.09. The Morgan fingerprint density at radius 3 is 2.58 bits per heavy atom. The molecular weight excluding hydrogens is 275 g/mol. The zero-order valence-corrected chi connectivity index (χ0v) is 10.9. The number of hydrogen-bond acceptors (Lipinski definition) is 6. The van der Waals surface area contributed by atoms with Crippen molar-refractivity contribution in [3.8, 4) is 17.8 Å². The molecule has 0 saturated heterocycles. The quantitative estimate of drug-likeness (QED) is 0.930. The third-order valence-corrected chi connectivity index (χ3v) is 2.41. The van der Waals surface area contributed by atoms with E-state index in [1.54, 1.807) is 7.05 Å². The van der Waals surface area contributed by atoms with Gasteiger partial charge < -0.3 is 14.8 Å². The summed E-state index contributed by atoms with van der Waals surface area (Å²) >= 11 is 5.58. The van der Waals surface area contributed by atoms with E-state index in [-0.39, 0.29) is 28.7 Å². The molecule has 0 radical (unpaired) electrons.